The van der Waals surface area contributed by atoms with Gasteiger partial charge in [-0.2, -0.15) is 12.6 Å². The molecule has 0 heterocycles. The fourth-order valence-electron chi connectivity index (χ4n) is 1.78. The van der Waals surface area contributed by atoms with Crippen molar-refractivity contribution in [2.24, 2.45) is 22.2 Å². The van der Waals surface area contributed by atoms with Crippen LogP contribution >= 0.6 is 12.6 Å². The van der Waals surface area contributed by atoms with E-state index in [9.17, 15) is 19.2 Å². The highest BCUT2D eigenvalue weighted by atomic mass is 32.1. The van der Waals surface area contributed by atoms with Gasteiger partial charge in [-0.05, 0) is 12.8 Å². The minimum atomic E-state index is -1.23. The van der Waals surface area contributed by atoms with Crippen molar-refractivity contribution < 1.29 is 24.3 Å². The third-order valence-electron chi connectivity index (χ3n) is 3.01. The summed E-state index contributed by atoms with van der Waals surface area (Å²) in [5.41, 5.74) is 15.6. The fourth-order valence-corrected chi connectivity index (χ4v) is 2.04. The summed E-state index contributed by atoms with van der Waals surface area (Å²) in [7, 11) is 0. The lowest BCUT2D eigenvalue weighted by Crippen LogP contribution is -2.55. The summed E-state index contributed by atoms with van der Waals surface area (Å²) in [6.45, 7) is -0.682. The van der Waals surface area contributed by atoms with E-state index < -0.39 is 42.3 Å². The lowest BCUT2D eigenvalue weighted by Gasteiger charge is -2.21. The number of thiol groups is 1. The summed E-state index contributed by atoms with van der Waals surface area (Å²) < 4.78 is 0. The maximum atomic E-state index is 12.2. The zero-order valence-corrected chi connectivity index (χ0v) is 15.0. The minimum Gasteiger partial charge on any atom is -0.480 e. The van der Waals surface area contributed by atoms with Crippen LogP contribution in [0.2, 0.25) is 0 Å². The number of guanidine groups is 1. The van der Waals surface area contributed by atoms with Crippen LogP contribution < -0.4 is 33.2 Å². The monoisotopic (exact) mass is 391 g/mol. The van der Waals surface area contributed by atoms with Crippen LogP contribution in [0.4, 0.5) is 0 Å². The molecule has 2 unspecified atom stereocenters. The number of hydrogen-bond donors (Lipinski definition) is 8. The van der Waals surface area contributed by atoms with Crippen LogP contribution in [-0.4, -0.2) is 72.2 Å². The minimum absolute atomic E-state index is 0.0188. The van der Waals surface area contributed by atoms with E-state index in [2.05, 4.69) is 33.6 Å². The third kappa shape index (κ3) is 10.4. The van der Waals surface area contributed by atoms with Gasteiger partial charge in [0.15, 0.2) is 5.96 Å². The van der Waals surface area contributed by atoms with Gasteiger partial charge in [0.1, 0.15) is 18.6 Å². The molecule has 0 saturated carbocycles. The van der Waals surface area contributed by atoms with Crippen LogP contribution in [0.25, 0.3) is 0 Å². The molecule has 2 atom stereocenters. The standard InChI is InChI=1S/C13H25N7O5S/c14-4-9(21)19-8(6-26)12(25)20-7(2-1-3-17-13(15)16)11(24)18-5-10(22)23/h7-8,26H,1-6,14H2,(H,18,24)(H,19,21)(H,20,25)(H,22,23)(H4,15,16,17). The number of carbonyl (C=O) groups excluding carboxylic acids is 3. The Kier molecular flexibility index (Phi) is 11.5. The Morgan fingerprint density at radius 1 is 1.08 bits per heavy atom. The predicted molar refractivity (Wildman–Crippen MR) is 97.3 cm³/mol. The van der Waals surface area contributed by atoms with Gasteiger partial charge in [0.05, 0.1) is 6.54 Å². The smallest absolute Gasteiger partial charge is 0.322 e. The van der Waals surface area contributed by atoms with E-state index in [1.165, 1.54) is 0 Å². The summed E-state index contributed by atoms with van der Waals surface area (Å²) >= 11 is 3.98. The van der Waals surface area contributed by atoms with Crippen molar-refractivity contribution in [3.8, 4) is 0 Å². The molecule has 0 saturated heterocycles. The molecule has 0 aromatic rings. The number of nitrogens with one attached hydrogen (secondary N) is 3. The normalized spacial score (nSPS) is 12.4. The largest absolute Gasteiger partial charge is 0.480 e. The average Bonchev–Trinajstić information content (AvgIpc) is 2.59. The highest BCUT2D eigenvalue weighted by molar-refractivity contribution is 7.80. The molecule has 0 spiro atoms. The van der Waals surface area contributed by atoms with Crippen LogP contribution in [-0.2, 0) is 19.2 Å². The van der Waals surface area contributed by atoms with Crippen molar-refractivity contribution in [1.82, 2.24) is 16.0 Å². The van der Waals surface area contributed by atoms with Crippen molar-refractivity contribution >= 4 is 42.3 Å². The number of aliphatic imine (C=N–C) groups is 1. The molecule has 0 aromatic carbocycles. The Hall–Kier alpha value is -2.54. The molecule has 0 bridgehead atoms. The Morgan fingerprint density at radius 3 is 2.23 bits per heavy atom. The first-order valence-corrected chi connectivity index (χ1v) is 8.30. The SMILES string of the molecule is NCC(=O)NC(CS)C(=O)NC(CCCN=C(N)N)C(=O)NCC(=O)O. The predicted octanol–water partition coefficient (Wildman–Crippen LogP) is -3.90. The van der Waals surface area contributed by atoms with Crippen molar-refractivity contribution in [2.45, 2.75) is 24.9 Å². The summed E-state index contributed by atoms with van der Waals surface area (Å²) in [6.07, 6.45) is 0.502. The Morgan fingerprint density at radius 2 is 1.73 bits per heavy atom. The number of nitrogens with zero attached hydrogens (tertiary/aromatic N) is 1. The number of carboxylic acids is 1. The first kappa shape index (κ1) is 23.5. The van der Waals surface area contributed by atoms with Crippen LogP contribution in [0.3, 0.4) is 0 Å². The quantitative estimate of drug-likeness (QED) is 0.0710. The van der Waals surface area contributed by atoms with Crippen molar-refractivity contribution in [3.63, 3.8) is 0 Å². The van der Waals surface area contributed by atoms with E-state index >= 15 is 0 Å². The summed E-state index contributed by atoms with van der Waals surface area (Å²) in [6, 6.07) is -2.03. The van der Waals surface area contributed by atoms with Gasteiger partial charge in [-0.25, -0.2) is 0 Å². The zero-order valence-electron chi connectivity index (χ0n) is 14.1. The van der Waals surface area contributed by atoms with E-state index in [0.29, 0.717) is 6.42 Å². The molecule has 0 rings (SSSR count). The molecule has 0 radical (unpaired) electrons. The van der Waals surface area contributed by atoms with Gasteiger partial charge in [0.2, 0.25) is 17.7 Å². The van der Waals surface area contributed by atoms with Crippen molar-refractivity contribution in [3.05, 3.63) is 0 Å². The maximum absolute atomic E-state index is 12.2. The van der Waals surface area contributed by atoms with E-state index in [0.717, 1.165) is 0 Å². The van der Waals surface area contributed by atoms with E-state index in [4.69, 9.17) is 22.3 Å². The number of amides is 3. The lowest BCUT2D eigenvalue weighted by atomic mass is 10.1. The molecule has 10 N–H and O–H groups in total. The molecule has 3 amide bonds. The molecule has 0 aliphatic rings. The Bertz CT molecular complexity index is 539. The maximum Gasteiger partial charge on any atom is 0.322 e. The Labute approximate surface area is 155 Å². The molecular weight excluding hydrogens is 366 g/mol. The summed E-state index contributed by atoms with van der Waals surface area (Å²) in [5, 5.41) is 15.6. The third-order valence-corrected chi connectivity index (χ3v) is 3.38. The molecule has 13 heteroatoms. The fraction of sp³-hybridized carbons (Fsp3) is 0.615. The van der Waals surface area contributed by atoms with Crippen LogP contribution in [0, 0.1) is 0 Å². The number of carbonyl (C=O) groups is 4. The molecule has 12 nitrogen and oxygen atoms in total. The van der Waals surface area contributed by atoms with E-state index in [1.807, 2.05) is 0 Å². The second-order valence-electron chi connectivity index (χ2n) is 5.13. The number of aliphatic carboxylic acids is 1. The van der Waals surface area contributed by atoms with E-state index in [-0.39, 0.29) is 31.2 Å². The van der Waals surface area contributed by atoms with Crippen molar-refractivity contribution in [1.29, 1.82) is 0 Å². The van der Waals surface area contributed by atoms with Gasteiger partial charge in [-0.1, -0.05) is 0 Å². The molecule has 0 aliphatic heterocycles. The second-order valence-corrected chi connectivity index (χ2v) is 5.49. The van der Waals surface area contributed by atoms with Crippen LogP contribution in [0.15, 0.2) is 4.99 Å². The zero-order chi connectivity index (χ0) is 20.1. The number of nitrogens with two attached hydrogens (primary N) is 3. The van der Waals surface area contributed by atoms with Gasteiger partial charge in [-0.15, -0.1) is 0 Å². The van der Waals surface area contributed by atoms with Gasteiger partial charge in [-0.3, -0.25) is 24.2 Å². The number of hydrogen-bond acceptors (Lipinski definition) is 7. The van der Waals surface area contributed by atoms with Gasteiger partial charge >= 0.3 is 5.97 Å². The highest BCUT2D eigenvalue weighted by Gasteiger charge is 2.25. The molecule has 26 heavy (non-hydrogen) atoms. The summed E-state index contributed by atoms with van der Waals surface area (Å²) in [4.78, 5) is 50.0. The van der Waals surface area contributed by atoms with Crippen LogP contribution in [0.5, 0.6) is 0 Å². The van der Waals surface area contributed by atoms with Gasteiger partial charge in [0.25, 0.3) is 0 Å². The molecule has 0 aliphatic carbocycles. The summed E-state index contributed by atoms with van der Waals surface area (Å²) in [5.74, 6) is -3.26. The topological polar surface area (TPSA) is 215 Å². The first-order valence-electron chi connectivity index (χ1n) is 7.66. The van der Waals surface area contributed by atoms with E-state index in [1.54, 1.807) is 0 Å². The average molecular weight is 391 g/mol. The number of rotatable bonds is 12. The van der Waals surface area contributed by atoms with Gasteiger partial charge < -0.3 is 38.3 Å². The molecule has 0 aromatic heterocycles. The highest BCUT2D eigenvalue weighted by Crippen LogP contribution is 2.01. The first-order chi connectivity index (χ1) is 12.2. The number of carboxylic acid groups (broad SMARTS) is 1. The van der Waals surface area contributed by atoms with Crippen molar-refractivity contribution in [2.75, 3.05) is 25.4 Å². The molecular formula is C13H25N7O5S. The molecule has 0 fully saturated rings. The van der Waals surface area contributed by atoms with Gasteiger partial charge in [0, 0.05) is 12.3 Å². The lowest BCUT2D eigenvalue weighted by molar-refractivity contribution is -0.138. The van der Waals surface area contributed by atoms with Crippen LogP contribution in [0.1, 0.15) is 12.8 Å². The second kappa shape index (κ2) is 12.8. The molecule has 148 valence electrons. The Balaban J connectivity index is 4.91.